The maximum atomic E-state index is 13.6. The summed E-state index contributed by atoms with van der Waals surface area (Å²) < 4.78 is 26.4. The lowest BCUT2D eigenvalue weighted by Gasteiger charge is -2.36. The molecule has 2 rings (SSSR count). The summed E-state index contributed by atoms with van der Waals surface area (Å²) in [5, 5.41) is 8.97. The second-order valence-electron chi connectivity index (χ2n) is 5.03. The molecule has 4 nitrogen and oxygen atoms in total. The van der Waals surface area contributed by atoms with Gasteiger partial charge in [-0.15, -0.1) is 0 Å². The van der Waals surface area contributed by atoms with Gasteiger partial charge in [0.2, 0.25) is 0 Å². The Morgan fingerprint density at radius 2 is 2.05 bits per heavy atom. The van der Waals surface area contributed by atoms with Gasteiger partial charge in [-0.1, -0.05) is 0 Å². The van der Waals surface area contributed by atoms with Crippen LogP contribution in [-0.4, -0.2) is 34.5 Å². The molecule has 1 N–H and O–H groups in total. The largest absolute Gasteiger partial charge is 0.481 e. The number of halogens is 2. The van der Waals surface area contributed by atoms with Gasteiger partial charge in [-0.05, 0) is 31.9 Å². The summed E-state index contributed by atoms with van der Waals surface area (Å²) in [5.74, 6) is -3.53. The van der Waals surface area contributed by atoms with E-state index in [0.29, 0.717) is 18.9 Å². The molecule has 6 heteroatoms. The maximum absolute atomic E-state index is 13.6. The molecule has 1 fully saturated rings. The molecule has 0 bridgehead atoms. The fourth-order valence-corrected chi connectivity index (χ4v) is 2.52. The molecule has 1 aromatic rings. The smallest absolute Gasteiger partial charge is 0.306 e. The lowest BCUT2D eigenvalue weighted by atomic mass is 9.91. The Bertz CT molecular complexity index is 547. The first-order valence-electron chi connectivity index (χ1n) is 6.39. The molecule has 2 unspecified atom stereocenters. The Morgan fingerprint density at radius 3 is 2.60 bits per heavy atom. The number of carboxylic acids is 1. The molecule has 0 saturated carbocycles. The Labute approximate surface area is 115 Å². The molecule has 0 aliphatic carbocycles. The number of piperidine rings is 1. The molecule has 0 aromatic heterocycles. The molecule has 1 aliphatic heterocycles. The minimum absolute atomic E-state index is 0.188. The van der Waals surface area contributed by atoms with Crippen molar-refractivity contribution in [1.82, 2.24) is 4.90 Å². The van der Waals surface area contributed by atoms with E-state index >= 15 is 0 Å². The number of carbonyl (C=O) groups is 2. The predicted molar refractivity (Wildman–Crippen MR) is 67.2 cm³/mol. The molecular weight excluding hydrogens is 268 g/mol. The van der Waals surface area contributed by atoms with Gasteiger partial charge < -0.3 is 10.0 Å². The van der Waals surface area contributed by atoms with Gasteiger partial charge in [-0.2, -0.15) is 0 Å². The highest BCUT2D eigenvalue weighted by Gasteiger charge is 2.33. The molecule has 108 valence electrons. The number of carbonyl (C=O) groups excluding carboxylic acids is 1. The fourth-order valence-electron chi connectivity index (χ4n) is 2.52. The third-order valence-corrected chi connectivity index (χ3v) is 3.65. The second-order valence-corrected chi connectivity index (χ2v) is 5.03. The summed E-state index contributed by atoms with van der Waals surface area (Å²) in [7, 11) is 0. The van der Waals surface area contributed by atoms with Gasteiger partial charge in [0.25, 0.3) is 5.91 Å². The van der Waals surface area contributed by atoms with Gasteiger partial charge in [0.15, 0.2) is 0 Å². The first-order valence-corrected chi connectivity index (χ1v) is 6.39. The maximum Gasteiger partial charge on any atom is 0.306 e. The highest BCUT2D eigenvalue weighted by atomic mass is 19.1. The van der Waals surface area contributed by atoms with E-state index in [1.165, 1.54) is 4.90 Å². The first-order chi connectivity index (χ1) is 9.40. The van der Waals surface area contributed by atoms with E-state index in [4.69, 9.17) is 5.11 Å². The van der Waals surface area contributed by atoms with Crippen LogP contribution in [0.1, 0.15) is 30.1 Å². The molecule has 1 aliphatic rings. The van der Waals surface area contributed by atoms with Crippen LogP contribution < -0.4 is 0 Å². The predicted octanol–water partition coefficient (Wildman–Crippen LogP) is 2.29. The van der Waals surface area contributed by atoms with Crippen molar-refractivity contribution in [3.8, 4) is 0 Å². The first kappa shape index (κ1) is 14.4. The van der Waals surface area contributed by atoms with Crippen molar-refractivity contribution in [2.75, 3.05) is 6.54 Å². The lowest BCUT2D eigenvalue weighted by Crippen LogP contribution is -2.46. The number of rotatable bonds is 2. The van der Waals surface area contributed by atoms with Crippen molar-refractivity contribution in [1.29, 1.82) is 0 Å². The van der Waals surface area contributed by atoms with Crippen LogP contribution >= 0.6 is 0 Å². The molecule has 1 saturated heterocycles. The Kier molecular flexibility index (Phi) is 4.01. The zero-order valence-corrected chi connectivity index (χ0v) is 11.0. The zero-order chi connectivity index (χ0) is 14.9. The van der Waals surface area contributed by atoms with Gasteiger partial charge in [-0.3, -0.25) is 9.59 Å². The molecular formula is C14H15F2NO3. The minimum atomic E-state index is -0.900. The molecule has 0 spiro atoms. The lowest BCUT2D eigenvalue weighted by molar-refractivity contribution is -0.143. The highest BCUT2D eigenvalue weighted by molar-refractivity contribution is 5.94. The number of likely N-dealkylation sites (tertiary alicyclic amines) is 1. The number of amides is 1. The van der Waals surface area contributed by atoms with Gasteiger partial charge >= 0.3 is 5.97 Å². The van der Waals surface area contributed by atoms with Gasteiger partial charge in [-0.25, -0.2) is 8.78 Å². The summed E-state index contributed by atoms with van der Waals surface area (Å²) in [6, 6.07) is 2.53. The Morgan fingerprint density at radius 1 is 1.35 bits per heavy atom. The van der Waals surface area contributed by atoms with E-state index in [9.17, 15) is 18.4 Å². The van der Waals surface area contributed by atoms with Crippen LogP contribution in [-0.2, 0) is 4.79 Å². The van der Waals surface area contributed by atoms with Crippen molar-refractivity contribution in [3.63, 3.8) is 0 Å². The van der Waals surface area contributed by atoms with E-state index in [-0.39, 0.29) is 18.2 Å². The van der Waals surface area contributed by atoms with Crippen LogP contribution in [0.3, 0.4) is 0 Å². The van der Waals surface area contributed by atoms with Gasteiger partial charge in [0, 0.05) is 18.7 Å². The minimum Gasteiger partial charge on any atom is -0.481 e. The number of hydrogen-bond donors (Lipinski definition) is 1. The van der Waals surface area contributed by atoms with E-state index in [0.717, 1.165) is 12.1 Å². The van der Waals surface area contributed by atoms with Gasteiger partial charge in [0.1, 0.15) is 11.6 Å². The molecule has 20 heavy (non-hydrogen) atoms. The quantitative estimate of drug-likeness (QED) is 0.906. The topological polar surface area (TPSA) is 57.6 Å². The van der Waals surface area contributed by atoms with Crippen molar-refractivity contribution in [2.24, 2.45) is 5.92 Å². The summed E-state index contributed by atoms with van der Waals surface area (Å²) in [5.41, 5.74) is -0.188. The Hall–Kier alpha value is -1.98. The van der Waals surface area contributed by atoms with Crippen molar-refractivity contribution in [3.05, 3.63) is 35.4 Å². The summed E-state index contributed by atoms with van der Waals surface area (Å²) in [4.78, 5) is 24.6. The molecule has 0 radical (unpaired) electrons. The SMILES string of the molecule is CC1CC(C(=O)O)CCN1C(=O)c1ccc(F)cc1F. The van der Waals surface area contributed by atoms with Crippen LogP contribution in [0.4, 0.5) is 8.78 Å². The number of nitrogens with zero attached hydrogens (tertiary/aromatic N) is 1. The third kappa shape index (κ3) is 2.79. The van der Waals surface area contributed by atoms with Gasteiger partial charge in [0.05, 0.1) is 11.5 Å². The van der Waals surface area contributed by atoms with E-state index < -0.39 is 29.4 Å². The van der Waals surface area contributed by atoms with Crippen LogP contribution in [0, 0.1) is 17.6 Å². The number of aliphatic carboxylic acids is 1. The second kappa shape index (κ2) is 5.56. The van der Waals surface area contributed by atoms with Crippen molar-refractivity contribution in [2.45, 2.75) is 25.8 Å². The monoisotopic (exact) mass is 283 g/mol. The normalized spacial score (nSPS) is 22.6. The van der Waals surface area contributed by atoms with Crippen LogP contribution in [0.15, 0.2) is 18.2 Å². The van der Waals surface area contributed by atoms with Crippen molar-refractivity contribution < 1.29 is 23.5 Å². The summed E-state index contributed by atoms with van der Waals surface area (Å²) in [6.07, 6.45) is 0.679. The number of hydrogen-bond acceptors (Lipinski definition) is 2. The average Bonchev–Trinajstić information content (AvgIpc) is 2.37. The molecule has 1 aromatic carbocycles. The average molecular weight is 283 g/mol. The number of benzene rings is 1. The molecule has 2 atom stereocenters. The van der Waals surface area contributed by atoms with Crippen LogP contribution in [0.5, 0.6) is 0 Å². The van der Waals surface area contributed by atoms with Crippen LogP contribution in [0.25, 0.3) is 0 Å². The fraction of sp³-hybridized carbons (Fsp3) is 0.429. The highest BCUT2D eigenvalue weighted by Crippen LogP contribution is 2.25. The van der Waals surface area contributed by atoms with E-state index in [1.54, 1.807) is 6.92 Å². The third-order valence-electron chi connectivity index (χ3n) is 3.65. The number of carboxylic acid groups (broad SMARTS) is 1. The Balaban J connectivity index is 2.16. The van der Waals surface area contributed by atoms with Crippen molar-refractivity contribution >= 4 is 11.9 Å². The zero-order valence-electron chi connectivity index (χ0n) is 11.0. The summed E-state index contributed by atoms with van der Waals surface area (Å²) >= 11 is 0. The molecule has 1 amide bonds. The van der Waals surface area contributed by atoms with E-state index in [2.05, 4.69) is 0 Å². The standard InChI is InChI=1S/C14H15F2NO3/c1-8-6-9(14(19)20)4-5-17(8)13(18)11-3-2-10(15)7-12(11)16/h2-3,7-9H,4-6H2,1H3,(H,19,20). The summed E-state index contributed by atoms with van der Waals surface area (Å²) in [6.45, 7) is 1.99. The van der Waals surface area contributed by atoms with Crippen LogP contribution in [0.2, 0.25) is 0 Å². The molecule has 1 heterocycles. The van der Waals surface area contributed by atoms with E-state index in [1.807, 2.05) is 0 Å².